The molecule has 7 nitrogen and oxygen atoms in total. The third kappa shape index (κ3) is 12.5. The van der Waals surface area contributed by atoms with Crippen LogP contribution in [0.1, 0.15) is 54.9 Å². The number of aliphatic imine (C=N–C) groups is 1. The van der Waals surface area contributed by atoms with Crippen molar-refractivity contribution in [1.82, 2.24) is 16.0 Å². The quantitative estimate of drug-likeness (QED) is 0.353. The molecule has 0 fully saturated rings. The second kappa shape index (κ2) is 11.2. The molecule has 0 bridgehead atoms. The Kier molecular flexibility index (Phi) is 10.5. The number of nitrogens with zero attached hydrogens (tertiary/aromatic N) is 1. The van der Waals surface area contributed by atoms with E-state index in [9.17, 15) is 4.79 Å². The fraction of sp³-hybridized carbons (Fsp3) is 0.889. The van der Waals surface area contributed by atoms with Crippen molar-refractivity contribution in [2.75, 3.05) is 33.3 Å². The highest BCUT2D eigenvalue weighted by Crippen LogP contribution is 2.21. The number of nitrogens with one attached hydrogen (secondary N) is 3. The first kappa shape index (κ1) is 23.5. The summed E-state index contributed by atoms with van der Waals surface area (Å²) in [7, 11) is 1.72. The molecule has 0 heterocycles. The number of ether oxygens (including phenoxy) is 2. The zero-order chi connectivity index (χ0) is 19.5. The number of carbonyl (C=O) groups excluding carboxylic acids is 1. The summed E-state index contributed by atoms with van der Waals surface area (Å²) < 4.78 is 10.7. The maximum Gasteiger partial charge on any atom is 0.407 e. The van der Waals surface area contributed by atoms with Crippen molar-refractivity contribution < 1.29 is 14.3 Å². The molecule has 0 aliphatic heterocycles. The number of amides is 1. The maximum absolute atomic E-state index is 11.6. The Balaban J connectivity index is 4.24. The molecule has 0 aromatic carbocycles. The van der Waals surface area contributed by atoms with Crippen molar-refractivity contribution in [1.29, 1.82) is 0 Å². The number of hydrogen-bond acceptors (Lipinski definition) is 4. The zero-order valence-corrected chi connectivity index (χ0v) is 17.3. The van der Waals surface area contributed by atoms with Crippen molar-refractivity contribution >= 4 is 12.1 Å². The first-order valence-corrected chi connectivity index (χ1v) is 9.01. The second-order valence-electron chi connectivity index (χ2n) is 8.02. The van der Waals surface area contributed by atoms with E-state index in [1.165, 1.54) is 0 Å². The van der Waals surface area contributed by atoms with Gasteiger partial charge in [-0.05, 0) is 39.5 Å². The van der Waals surface area contributed by atoms with Crippen LogP contribution in [0.5, 0.6) is 0 Å². The van der Waals surface area contributed by atoms with Gasteiger partial charge in [0.25, 0.3) is 0 Å². The largest absolute Gasteiger partial charge is 0.444 e. The number of methoxy groups -OCH3 is 1. The Bertz CT molecular complexity index is 412. The topological polar surface area (TPSA) is 84.0 Å². The Morgan fingerprint density at radius 2 is 1.64 bits per heavy atom. The number of guanidine groups is 1. The highest BCUT2D eigenvalue weighted by molar-refractivity contribution is 5.79. The normalized spacial score (nSPS) is 14.0. The second-order valence-corrected chi connectivity index (χ2v) is 8.02. The van der Waals surface area contributed by atoms with Gasteiger partial charge in [0.2, 0.25) is 0 Å². The van der Waals surface area contributed by atoms with Gasteiger partial charge < -0.3 is 25.4 Å². The predicted octanol–water partition coefficient (Wildman–Crippen LogP) is 2.52. The summed E-state index contributed by atoms with van der Waals surface area (Å²) in [5, 5.41) is 9.22. The first-order chi connectivity index (χ1) is 11.5. The minimum absolute atomic E-state index is 0.0346. The van der Waals surface area contributed by atoms with E-state index in [0.29, 0.717) is 19.6 Å². The molecule has 0 rings (SSSR count). The number of alkyl carbamates (subject to hydrolysis) is 1. The molecule has 0 aromatic heterocycles. The molecule has 1 unspecified atom stereocenters. The molecule has 7 heteroatoms. The minimum atomic E-state index is -0.474. The van der Waals surface area contributed by atoms with E-state index in [0.717, 1.165) is 18.9 Å². The Hall–Kier alpha value is -1.50. The van der Waals surface area contributed by atoms with E-state index >= 15 is 0 Å². The average Bonchev–Trinajstić information content (AvgIpc) is 2.43. The molecule has 0 spiro atoms. The van der Waals surface area contributed by atoms with Crippen molar-refractivity contribution in [3.05, 3.63) is 0 Å². The average molecular weight is 359 g/mol. The van der Waals surface area contributed by atoms with Gasteiger partial charge in [0.15, 0.2) is 5.96 Å². The van der Waals surface area contributed by atoms with Crippen LogP contribution >= 0.6 is 0 Å². The third-order valence-electron chi connectivity index (χ3n) is 3.32. The van der Waals surface area contributed by atoms with Crippen molar-refractivity contribution in [3.63, 3.8) is 0 Å². The monoisotopic (exact) mass is 358 g/mol. The van der Waals surface area contributed by atoms with Crippen LogP contribution in [0.2, 0.25) is 0 Å². The Morgan fingerprint density at radius 1 is 1.04 bits per heavy atom. The lowest BCUT2D eigenvalue weighted by atomic mass is 9.89. The van der Waals surface area contributed by atoms with E-state index in [1.54, 1.807) is 7.11 Å². The number of rotatable bonds is 8. The lowest BCUT2D eigenvalue weighted by Crippen LogP contribution is -2.40. The molecule has 3 N–H and O–H groups in total. The molecular formula is C18H38N4O3. The van der Waals surface area contributed by atoms with E-state index in [2.05, 4.69) is 41.7 Å². The van der Waals surface area contributed by atoms with Gasteiger partial charge in [-0.15, -0.1) is 0 Å². The van der Waals surface area contributed by atoms with Gasteiger partial charge in [0, 0.05) is 26.7 Å². The van der Waals surface area contributed by atoms with E-state index < -0.39 is 5.60 Å². The van der Waals surface area contributed by atoms with Gasteiger partial charge in [-0.1, -0.05) is 20.8 Å². The van der Waals surface area contributed by atoms with Crippen LogP contribution in [-0.4, -0.2) is 57.0 Å². The SMILES string of the molecule is CCNC(=NCC(OC)C(C)(C)C)NCCCNC(=O)OC(C)(C)C. The molecule has 0 saturated carbocycles. The molecule has 0 aliphatic carbocycles. The molecule has 0 saturated heterocycles. The van der Waals surface area contributed by atoms with Gasteiger partial charge in [0.05, 0.1) is 12.6 Å². The third-order valence-corrected chi connectivity index (χ3v) is 3.32. The fourth-order valence-electron chi connectivity index (χ4n) is 2.02. The molecule has 0 aromatic rings. The minimum Gasteiger partial charge on any atom is -0.444 e. The van der Waals surface area contributed by atoms with Gasteiger partial charge in [-0.25, -0.2) is 4.79 Å². The highest BCUT2D eigenvalue weighted by Gasteiger charge is 2.24. The van der Waals surface area contributed by atoms with Crippen molar-refractivity contribution in [3.8, 4) is 0 Å². The number of hydrogen-bond donors (Lipinski definition) is 3. The fourth-order valence-corrected chi connectivity index (χ4v) is 2.02. The van der Waals surface area contributed by atoms with Crippen LogP contribution in [-0.2, 0) is 9.47 Å². The van der Waals surface area contributed by atoms with Gasteiger partial charge in [0.1, 0.15) is 5.60 Å². The van der Waals surface area contributed by atoms with Crippen LogP contribution in [0.25, 0.3) is 0 Å². The first-order valence-electron chi connectivity index (χ1n) is 9.01. The zero-order valence-electron chi connectivity index (χ0n) is 17.3. The van der Waals surface area contributed by atoms with Crippen LogP contribution in [0.4, 0.5) is 4.79 Å². The molecular weight excluding hydrogens is 320 g/mol. The highest BCUT2D eigenvalue weighted by atomic mass is 16.6. The number of carbonyl (C=O) groups is 1. The van der Waals surface area contributed by atoms with Crippen LogP contribution < -0.4 is 16.0 Å². The van der Waals surface area contributed by atoms with Gasteiger partial charge in [-0.2, -0.15) is 0 Å². The lowest BCUT2D eigenvalue weighted by molar-refractivity contribution is 0.0241. The van der Waals surface area contributed by atoms with Gasteiger partial charge >= 0.3 is 6.09 Å². The molecule has 0 radical (unpaired) electrons. The van der Waals surface area contributed by atoms with Crippen molar-refractivity contribution in [2.24, 2.45) is 10.4 Å². The van der Waals surface area contributed by atoms with Crippen molar-refractivity contribution in [2.45, 2.75) is 66.6 Å². The molecule has 148 valence electrons. The molecule has 1 atom stereocenters. The van der Waals surface area contributed by atoms with E-state index in [-0.39, 0.29) is 17.6 Å². The summed E-state index contributed by atoms with van der Waals surface area (Å²) in [6.07, 6.45) is 0.439. The summed E-state index contributed by atoms with van der Waals surface area (Å²) in [4.78, 5) is 16.1. The maximum atomic E-state index is 11.6. The summed E-state index contributed by atoms with van der Waals surface area (Å²) in [6.45, 7) is 16.6. The van der Waals surface area contributed by atoms with Gasteiger partial charge in [-0.3, -0.25) is 4.99 Å². The van der Waals surface area contributed by atoms with E-state index in [1.807, 2.05) is 27.7 Å². The summed E-state index contributed by atoms with van der Waals surface area (Å²) in [5.74, 6) is 0.756. The predicted molar refractivity (Wildman–Crippen MR) is 103 cm³/mol. The molecule has 25 heavy (non-hydrogen) atoms. The Morgan fingerprint density at radius 3 is 2.12 bits per heavy atom. The van der Waals surface area contributed by atoms with E-state index in [4.69, 9.17) is 9.47 Å². The smallest absolute Gasteiger partial charge is 0.407 e. The lowest BCUT2D eigenvalue weighted by Gasteiger charge is -2.28. The summed E-state index contributed by atoms with van der Waals surface area (Å²) in [6, 6.07) is 0. The molecule has 1 amide bonds. The van der Waals surface area contributed by atoms with Crippen LogP contribution in [0, 0.1) is 5.41 Å². The Labute approximate surface area is 153 Å². The van der Waals surface area contributed by atoms with Crippen LogP contribution in [0.3, 0.4) is 0 Å². The van der Waals surface area contributed by atoms with Crippen LogP contribution in [0.15, 0.2) is 4.99 Å². The standard InChI is InChI=1S/C18H38N4O3/c1-9-19-15(22-13-14(24-8)17(2,3)4)20-11-10-12-21-16(23)25-18(5,6)7/h14H,9-13H2,1-8H3,(H,21,23)(H2,19,20,22). The summed E-state index contributed by atoms with van der Waals surface area (Å²) in [5.41, 5.74) is -0.439. The molecule has 0 aliphatic rings. The summed E-state index contributed by atoms with van der Waals surface area (Å²) >= 11 is 0.